The summed E-state index contributed by atoms with van der Waals surface area (Å²) in [5.74, 6) is 1.48. The van der Waals surface area contributed by atoms with Crippen LogP contribution in [-0.4, -0.2) is 11.7 Å². The van der Waals surface area contributed by atoms with Crippen molar-refractivity contribution in [3.63, 3.8) is 0 Å². The first-order valence-corrected chi connectivity index (χ1v) is 6.53. The zero-order valence-electron chi connectivity index (χ0n) is 9.94. The molecule has 1 aliphatic rings. The summed E-state index contributed by atoms with van der Waals surface area (Å²) in [5, 5.41) is 9.09. The van der Waals surface area contributed by atoms with Crippen molar-refractivity contribution in [1.29, 1.82) is 0 Å². The zero-order valence-corrected chi connectivity index (χ0v) is 9.94. The lowest BCUT2D eigenvalue weighted by atomic mass is 9.80. The van der Waals surface area contributed by atoms with E-state index in [2.05, 4.69) is 30.3 Å². The number of aliphatic hydroxyl groups is 1. The summed E-state index contributed by atoms with van der Waals surface area (Å²) >= 11 is 0. The van der Waals surface area contributed by atoms with Gasteiger partial charge in [-0.05, 0) is 43.1 Å². The molecular formula is C15H22O. The maximum atomic E-state index is 9.09. The van der Waals surface area contributed by atoms with Gasteiger partial charge in [0.25, 0.3) is 0 Å². The highest BCUT2D eigenvalue weighted by Crippen LogP contribution is 2.31. The van der Waals surface area contributed by atoms with Gasteiger partial charge in [0.1, 0.15) is 0 Å². The van der Waals surface area contributed by atoms with E-state index in [1.807, 2.05) is 0 Å². The number of hydrogen-bond donors (Lipinski definition) is 1. The van der Waals surface area contributed by atoms with Crippen molar-refractivity contribution in [2.24, 2.45) is 11.8 Å². The molecule has 2 rings (SSSR count). The molecular weight excluding hydrogens is 196 g/mol. The number of aryl methyl sites for hydroxylation is 1. The molecule has 1 N–H and O–H groups in total. The minimum atomic E-state index is 0.394. The van der Waals surface area contributed by atoms with E-state index in [9.17, 15) is 0 Å². The Bertz CT molecular complexity index is 286. The molecule has 0 aliphatic heterocycles. The predicted octanol–water partition coefficient (Wildman–Crippen LogP) is 3.42. The summed E-state index contributed by atoms with van der Waals surface area (Å²) in [7, 11) is 0. The van der Waals surface area contributed by atoms with Crippen molar-refractivity contribution in [1.82, 2.24) is 0 Å². The molecule has 0 unspecified atom stereocenters. The minimum Gasteiger partial charge on any atom is -0.396 e. The normalized spacial score (nSPS) is 25.6. The van der Waals surface area contributed by atoms with Gasteiger partial charge < -0.3 is 5.11 Å². The van der Waals surface area contributed by atoms with Crippen molar-refractivity contribution in [2.75, 3.05) is 6.61 Å². The average Bonchev–Trinajstić information content (AvgIpc) is 2.38. The lowest BCUT2D eigenvalue weighted by molar-refractivity contribution is 0.164. The van der Waals surface area contributed by atoms with Crippen LogP contribution in [0.1, 0.15) is 37.7 Å². The minimum absolute atomic E-state index is 0.394. The predicted molar refractivity (Wildman–Crippen MR) is 67.3 cm³/mol. The van der Waals surface area contributed by atoms with Crippen LogP contribution in [0.5, 0.6) is 0 Å². The van der Waals surface area contributed by atoms with Gasteiger partial charge in [-0.3, -0.25) is 0 Å². The van der Waals surface area contributed by atoms with Crippen LogP contribution in [0.15, 0.2) is 30.3 Å². The first kappa shape index (κ1) is 11.7. The third-order valence-corrected chi connectivity index (χ3v) is 3.91. The SMILES string of the molecule is OC[C@H]1CC[C@@H](CCc2ccccc2)CC1. The molecule has 1 fully saturated rings. The second-order valence-corrected chi connectivity index (χ2v) is 5.09. The summed E-state index contributed by atoms with van der Waals surface area (Å²) in [4.78, 5) is 0. The molecule has 0 aromatic heterocycles. The summed E-state index contributed by atoms with van der Waals surface area (Å²) < 4.78 is 0. The molecule has 0 atom stereocenters. The van der Waals surface area contributed by atoms with Crippen molar-refractivity contribution in [3.05, 3.63) is 35.9 Å². The molecule has 1 aliphatic carbocycles. The molecule has 0 radical (unpaired) electrons. The summed E-state index contributed by atoms with van der Waals surface area (Å²) in [6, 6.07) is 10.8. The smallest absolute Gasteiger partial charge is 0.0459 e. The lowest BCUT2D eigenvalue weighted by Gasteiger charge is -2.27. The van der Waals surface area contributed by atoms with Gasteiger partial charge >= 0.3 is 0 Å². The van der Waals surface area contributed by atoms with Crippen LogP contribution in [-0.2, 0) is 6.42 Å². The van der Waals surface area contributed by atoms with Gasteiger partial charge in [0, 0.05) is 6.61 Å². The quantitative estimate of drug-likeness (QED) is 0.821. The average molecular weight is 218 g/mol. The van der Waals surface area contributed by atoms with E-state index < -0.39 is 0 Å². The molecule has 0 heterocycles. The Hall–Kier alpha value is -0.820. The largest absolute Gasteiger partial charge is 0.396 e. The Labute approximate surface area is 98.5 Å². The molecule has 1 nitrogen and oxygen atoms in total. The second kappa shape index (κ2) is 6.05. The zero-order chi connectivity index (χ0) is 11.2. The standard InChI is InChI=1S/C15H22O/c16-12-15-10-8-14(9-11-15)7-6-13-4-2-1-3-5-13/h1-5,14-16H,6-12H2/t14-,15+. The van der Waals surface area contributed by atoms with E-state index in [1.165, 1.54) is 44.1 Å². The third kappa shape index (κ3) is 3.34. The Balaban J connectivity index is 1.72. The van der Waals surface area contributed by atoms with Gasteiger partial charge in [0.15, 0.2) is 0 Å². The van der Waals surface area contributed by atoms with Crippen LogP contribution in [0, 0.1) is 11.8 Å². The van der Waals surface area contributed by atoms with Crippen molar-refractivity contribution in [3.8, 4) is 0 Å². The van der Waals surface area contributed by atoms with Crippen LogP contribution in [0.4, 0.5) is 0 Å². The van der Waals surface area contributed by atoms with Crippen molar-refractivity contribution in [2.45, 2.75) is 38.5 Å². The van der Waals surface area contributed by atoms with Crippen LogP contribution in [0.2, 0.25) is 0 Å². The first-order chi connectivity index (χ1) is 7.88. The maximum Gasteiger partial charge on any atom is 0.0459 e. The van der Waals surface area contributed by atoms with E-state index in [0.717, 1.165) is 5.92 Å². The Morgan fingerprint density at radius 2 is 1.56 bits per heavy atom. The van der Waals surface area contributed by atoms with Crippen molar-refractivity contribution < 1.29 is 5.11 Å². The Morgan fingerprint density at radius 3 is 2.19 bits per heavy atom. The fourth-order valence-electron chi connectivity index (χ4n) is 2.72. The highest BCUT2D eigenvalue weighted by molar-refractivity contribution is 5.14. The Morgan fingerprint density at radius 1 is 0.938 bits per heavy atom. The molecule has 0 spiro atoms. The molecule has 1 aromatic carbocycles. The lowest BCUT2D eigenvalue weighted by Crippen LogP contribution is -2.17. The van der Waals surface area contributed by atoms with E-state index in [-0.39, 0.29) is 0 Å². The van der Waals surface area contributed by atoms with E-state index in [0.29, 0.717) is 12.5 Å². The molecule has 0 saturated heterocycles. The van der Waals surface area contributed by atoms with Crippen molar-refractivity contribution >= 4 is 0 Å². The molecule has 1 heteroatoms. The van der Waals surface area contributed by atoms with Gasteiger partial charge in [0.05, 0.1) is 0 Å². The Kier molecular flexibility index (Phi) is 4.41. The summed E-state index contributed by atoms with van der Waals surface area (Å²) in [6.45, 7) is 0.394. The highest BCUT2D eigenvalue weighted by atomic mass is 16.3. The summed E-state index contributed by atoms with van der Waals surface area (Å²) in [6.07, 6.45) is 7.64. The van der Waals surface area contributed by atoms with Crippen LogP contribution in [0.25, 0.3) is 0 Å². The topological polar surface area (TPSA) is 20.2 Å². The number of hydrogen-bond acceptors (Lipinski definition) is 1. The van der Waals surface area contributed by atoms with Gasteiger partial charge in [-0.25, -0.2) is 0 Å². The number of benzene rings is 1. The monoisotopic (exact) mass is 218 g/mol. The molecule has 88 valence electrons. The molecule has 16 heavy (non-hydrogen) atoms. The van der Waals surface area contributed by atoms with Crippen LogP contribution in [0.3, 0.4) is 0 Å². The van der Waals surface area contributed by atoms with Gasteiger partial charge in [-0.15, -0.1) is 0 Å². The van der Waals surface area contributed by atoms with Gasteiger partial charge in [0.2, 0.25) is 0 Å². The summed E-state index contributed by atoms with van der Waals surface area (Å²) in [5.41, 5.74) is 1.46. The van der Waals surface area contributed by atoms with E-state index in [4.69, 9.17) is 5.11 Å². The maximum absolute atomic E-state index is 9.09. The van der Waals surface area contributed by atoms with Crippen LogP contribution < -0.4 is 0 Å². The molecule has 1 aromatic rings. The second-order valence-electron chi connectivity index (χ2n) is 5.09. The van der Waals surface area contributed by atoms with Gasteiger partial charge in [-0.2, -0.15) is 0 Å². The number of aliphatic hydroxyl groups excluding tert-OH is 1. The van der Waals surface area contributed by atoms with E-state index >= 15 is 0 Å². The van der Waals surface area contributed by atoms with Gasteiger partial charge in [-0.1, -0.05) is 43.2 Å². The van der Waals surface area contributed by atoms with E-state index in [1.54, 1.807) is 0 Å². The molecule has 1 saturated carbocycles. The van der Waals surface area contributed by atoms with Crippen LogP contribution >= 0.6 is 0 Å². The first-order valence-electron chi connectivity index (χ1n) is 6.53. The fourth-order valence-corrected chi connectivity index (χ4v) is 2.72. The molecule has 0 bridgehead atoms. The fraction of sp³-hybridized carbons (Fsp3) is 0.600. The number of rotatable bonds is 4. The highest BCUT2D eigenvalue weighted by Gasteiger charge is 2.19. The molecule has 0 amide bonds. The third-order valence-electron chi connectivity index (χ3n) is 3.91.